The van der Waals surface area contributed by atoms with Crippen LogP contribution >= 0.6 is 0 Å². The summed E-state index contributed by atoms with van der Waals surface area (Å²) >= 11 is 0. The van der Waals surface area contributed by atoms with Gasteiger partial charge in [0.2, 0.25) is 0 Å². The Morgan fingerprint density at radius 2 is 0.279 bits per heavy atom. The van der Waals surface area contributed by atoms with Crippen molar-refractivity contribution in [2.75, 3.05) is 28.2 Å². The standard InChI is InChI=1S/C96H128O8.C11H16O.C4H12N.H2O/c1-25-89(9,10)73-41-57-33-59-43-74(90(11,12)26-2)45-61(82(59)98)35-63-47-76(92(15,16)28-4)49-65(84(63)100)37-67-51-78(94(19,20)30-6)53-69(86(67)102)39-71-55-80(96(23,24)32-8)56-72(88(71)104)40-70-54-79(95(21,22)31-7)52-68(87(70)103)38-66-50-77(93(17,18)29-5)48-64(85(66)101)36-62-46-75(91(13,14)27-3)44-60(83(62)99)34-58(42-73)81(57)97;1-4-11(2,3)9-5-7-10(12)8-6-9;1-5(2,3)4;/h41-56,97-104H,25-40H2,1-24H3;5-8,12H,4H2,1-3H3;1-4H3;1H2/q;;+1;/p-1. The van der Waals surface area contributed by atoms with Crippen molar-refractivity contribution >= 4 is 0 Å². The van der Waals surface area contributed by atoms with Crippen molar-refractivity contribution in [1.82, 2.24) is 0 Å². The Morgan fingerprint density at radius 3 is 0.369 bits per heavy atom. The van der Waals surface area contributed by atoms with E-state index in [-0.39, 0.29) is 152 Å². The van der Waals surface area contributed by atoms with Crippen molar-refractivity contribution in [3.8, 4) is 51.7 Å². The van der Waals surface area contributed by atoms with Crippen LogP contribution in [-0.2, 0) is 100 Å². The van der Waals surface area contributed by atoms with E-state index >= 15 is 0 Å². The number of rotatable bonds is 18. The van der Waals surface area contributed by atoms with Gasteiger partial charge < -0.3 is 55.9 Å². The van der Waals surface area contributed by atoms with E-state index in [1.165, 1.54) is 5.56 Å². The lowest BCUT2D eigenvalue weighted by atomic mass is 9.76. The number of nitrogens with zero attached hydrogens (tertiary/aromatic N) is 1. The summed E-state index contributed by atoms with van der Waals surface area (Å²) in [4.78, 5) is 0. The molecule has 10 N–H and O–H groups in total. The second-order valence-corrected chi connectivity index (χ2v) is 42.9. The summed E-state index contributed by atoms with van der Waals surface area (Å²) in [6, 6.07) is 40.9. The number of quaternary nitrogens is 1. The van der Waals surface area contributed by atoms with Gasteiger partial charge in [0, 0.05) is 51.4 Å². The Labute approximate surface area is 736 Å². The van der Waals surface area contributed by atoms with Crippen LogP contribution in [0.15, 0.2) is 121 Å². The molecular weight excluding hydrogens is 1510 g/mol. The molecule has 10 rings (SSSR count). The highest BCUT2D eigenvalue weighted by atomic mass is 16.3. The zero-order valence-electron chi connectivity index (χ0n) is 81.0. The molecule has 0 saturated carbocycles. The minimum atomic E-state index is -0.327. The first-order valence-corrected chi connectivity index (χ1v) is 45.3. The first kappa shape index (κ1) is 100. The van der Waals surface area contributed by atoms with Crippen molar-refractivity contribution in [1.29, 1.82) is 0 Å². The van der Waals surface area contributed by atoms with E-state index in [0.29, 0.717) is 94.8 Å². The molecule has 0 aromatic heterocycles. The molecule has 16 bridgehead atoms. The van der Waals surface area contributed by atoms with E-state index in [0.717, 1.165) is 107 Å². The van der Waals surface area contributed by atoms with Gasteiger partial charge >= 0.3 is 0 Å². The first-order chi connectivity index (χ1) is 55.9. The number of hydrogen-bond donors (Lipinski definition) is 9. The minimum Gasteiger partial charge on any atom is -0.870 e. The quantitative estimate of drug-likeness (QED) is 0.0371. The van der Waals surface area contributed by atoms with E-state index in [2.05, 4.69) is 312 Å². The summed E-state index contributed by atoms with van der Waals surface area (Å²) < 4.78 is 1.00. The molecule has 1 aliphatic carbocycles. The van der Waals surface area contributed by atoms with Crippen molar-refractivity contribution < 1.29 is 55.9 Å². The molecule has 666 valence electrons. The molecule has 0 amide bonds. The maximum atomic E-state index is 13.0. The Kier molecular flexibility index (Phi) is 31.4. The van der Waals surface area contributed by atoms with Gasteiger partial charge in [-0.1, -0.05) is 296 Å². The highest BCUT2D eigenvalue weighted by Gasteiger charge is 2.34. The molecule has 11 heteroatoms. The maximum Gasteiger partial charge on any atom is 0.122 e. The van der Waals surface area contributed by atoms with Gasteiger partial charge in [-0.15, -0.1) is 0 Å². The predicted molar refractivity (Wildman–Crippen MR) is 511 cm³/mol. The third kappa shape index (κ3) is 23.0. The molecule has 1 aliphatic rings. The van der Waals surface area contributed by atoms with E-state index in [1.807, 2.05) is 12.1 Å². The fourth-order valence-electron chi connectivity index (χ4n) is 15.8. The predicted octanol–water partition coefficient (Wildman–Crippen LogP) is 27.1. The van der Waals surface area contributed by atoms with Gasteiger partial charge in [-0.25, -0.2) is 0 Å². The van der Waals surface area contributed by atoms with Crippen molar-refractivity contribution in [2.45, 2.75) is 345 Å². The second-order valence-electron chi connectivity index (χ2n) is 42.9. The van der Waals surface area contributed by atoms with Gasteiger partial charge in [0.15, 0.2) is 0 Å². The maximum absolute atomic E-state index is 13.0. The van der Waals surface area contributed by atoms with Crippen LogP contribution in [0.5, 0.6) is 51.7 Å². The molecule has 0 unspecified atom stereocenters. The van der Waals surface area contributed by atoms with Gasteiger partial charge in [-0.05, 0) is 258 Å². The van der Waals surface area contributed by atoms with Crippen LogP contribution in [0.2, 0.25) is 0 Å². The van der Waals surface area contributed by atoms with Crippen LogP contribution in [0.4, 0.5) is 0 Å². The lowest BCUT2D eigenvalue weighted by Gasteiger charge is -2.29. The third-order valence-electron chi connectivity index (χ3n) is 29.0. The van der Waals surface area contributed by atoms with Crippen molar-refractivity contribution in [3.05, 3.63) is 260 Å². The number of phenolic OH excluding ortho intramolecular Hbond substituents is 9. The normalized spacial score (nSPS) is 13.6. The monoisotopic (exact) mass is 1660 g/mol. The molecule has 9 aromatic rings. The summed E-state index contributed by atoms with van der Waals surface area (Å²) in [5.74, 6) is 1.07. The van der Waals surface area contributed by atoms with E-state index in [1.54, 1.807) is 12.1 Å². The van der Waals surface area contributed by atoms with Gasteiger partial charge in [-0.3, -0.25) is 0 Å². The largest absolute Gasteiger partial charge is 0.870 e. The Bertz CT molecular complexity index is 4110. The molecule has 0 heterocycles. The SMILES string of the molecule is CCC(C)(C)c1cc2c(O)c(c1)Cc1cc(C(C)(C)CC)cc(c1O)Cc1cc(C(C)(C)CC)cc(c1O)Cc1cc(C(C)(C)CC)cc(c1O)Cc1cc(C(C)(C)CC)cc(c1O)Cc1cc(C(C)(C)CC)cc(c1O)Cc1cc(C(C)(C)CC)cc(c1O)Cc1cc(C(C)(C)CC)cc(c1O)C2.CCC(C)(C)c1ccc(O)cc1.C[N+](C)(C)C.[OH-]. The van der Waals surface area contributed by atoms with E-state index in [4.69, 9.17) is 5.11 Å². The fraction of sp³-hybridized carbons (Fsp3) is 0.514. The van der Waals surface area contributed by atoms with Crippen LogP contribution in [0.25, 0.3) is 0 Å². The summed E-state index contributed by atoms with van der Waals surface area (Å²) in [5.41, 5.74) is 17.4. The Hall–Kier alpha value is -8.90. The van der Waals surface area contributed by atoms with Crippen molar-refractivity contribution in [3.63, 3.8) is 0 Å². The molecule has 0 radical (unpaired) electrons. The summed E-state index contributed by atoms with van der Waals surface area (Å²) in [5, 5.41) is 113. The average Bonchev–Trinajstić information content (AvgIpc) is 0.770. The molecule has 0 spiro atoms. The summed E-state index contributed by atoms with van der Waals surface area (Å²) in [7, 11) is 8.50. The molecule has 11 nitrogen and oxygen atoms in total. The third-order valence-corrected chi connectivity index (χ3v) is 29.0. The Balaban J connectivity index is 0.00000102. The lowest BCUT2D eigenvalue weighted by molar-refractivity contribution is -0.849. The number of hydrogen-bond acceptors (Lipinski definition) is 10. The van der Waals surface area contributed by atoms with Gasteiger partial charge in [0.05, 0.1) is 28.2 Å². The number of phenols is 9. The van der Waals surface area contributed by atoms with Crippen LogP contribution < -0.4 is 0 Å². The highest BCUT2D eigenvalue weighted by molar-refractivity contribution is 5.62. The molecule has 9 aromatic carbocycles. The smallest absolute Gasteiger partial charge is 0.122 e. The molecule has 0 atom stereocenters. The van der Waals surface area contributed by atoms with E-state index < -0.39 is 0 Å². The van der Waals surface area contributed by atoms with E-state index in [9.17, 15) is 40.9 Å². The van der Waals surface area contributed by atoms with Crippen LogP contribution in [0.1, 0.15) is 384 Å². The first-order valence-electron chi connectivity index (χ1n) is 45.3. The van der Waals surface area contributed by atoms with Crippen LogP contribution in [0.3, 0.4) is 0 Å². The highest BCUT2D eigenvalue weighted by Crippen LogP contribution is 2.49. The Morgan fingerprint density at radius 1 is 0.189 bits per heavy atom. The van der Waals surface area contributed by atoms with Crippen LogP contribution in [0, 0.1) is 0 Å². The van der Waals surface area contributed by atoms with Gasteiger partial charge in [0.25, 0.3) is 0 Å². The molecule has 122 heavy (non-hydrogen) atoms. The topological polar surface area (TPSA) is 212 Å². The number of aromatic hydroxyl groups is 9. The summed E-state index contributed by atoms with van der Waals surface area (Å²) in [6.45, 7) is 59.4. The van der Waals surface area contributed by atoms with Gasteiger partial charge in [-0.2, -0.15) is 0 Å². The van der Waals surface area contributed by atoms with Gasteiger partial charge in [0.1, 0.15) is 51.7 Å². The molecule has 0 fully saturated rings. The molecule has 0 saturated heterocycles. The fourth-order valence-corrected chi connectivity index (χ4v) is 15.8. The zero-order chi connectivity index (χ0) is 90.8. The zero-order valence-corrected chi connectivity index (χ0v) is 81.0. The average molecular weight is 1670 g/mol. The van der Waals surface area contributed by atoms with Crippen molar-refractivity contribution in [2.24, 2.45) is 0 Å². The molecular formula is C111H157NO10. The number of fused-ring (bicyclic) bond motifs is 16. The lowest BCUT2D eigenvalue weighted by Crippen LogP contribution is -2.27. The summed E-state index contributed by atoms with van der Waals surface area (Å²) in [6.07, 6.45) is 9.11. The van der Waals surface area contributed by atoms with Crippen LogP contribution in [-0.4, -0.2) is 84.1 Å². The molecule has 0 aliphatic heterocycles. The minimum absolute atomic E-state index is 0. The number of benzene rings is 9. The second kappa shape index (κ2) is 38.3.